The second-order valence-electron chi connectivity index (χ2n) is 3.03. The van der Waals surface area contributed by atoms with Crippen LogP contribution in [0.3, 0.4) is 0 Å². The van der Waals surface area contributed by atoms with Gasteiger partial charge in [-0.3, -0.25) is 4.79 Å². The van der Waals surface area contributed by atoms with Crippen molar-refractivity contribution in [1.29, 1.82) is 0 Å². The molecule has 1 heterocycles. The molecule has 1 amide bonds. The van der Waals surface area contributed by atoms with Gasteiger partial charge in [0.05, 0.1) is 18.3 Å². The van der Waals surface area contributed by atoms with Crippen LogP contribution in [0.15, 0.2) is 22.8 Å². The Morgan fingerprint density at radius 3 is 2.77 bits per heavy atom. The summed E-state index contributed by atoms with van der Waals surface area (Å²) < 4.78 is 5.12. The summed E-state index contributed by atoms with van der Waals surface area (Å²) in [7, 11) is 0. The van der Waals surface area contributed by atoms with Crippen LogP contribution >= 0.6 is 0 Å². The summed E-state index contributed by atoms with van der Waals surface area (Å²) in [6.07, 6.45) is 1.57. The summed E-state index contributed by atoms with van der Waals surface area (Å²) in [6.45, 7) is 3.49. The average molecular weight is 182 g/mol. The molecule has 0 saturated carbocycles. The third-order valence-corrected chi connectivity index (χ3v) is 1.74. The number of amides is 1. The number of nitrogens with two attached hydrogens (primary N) is 1. The van der Waals surface area contributed by atoms with Crippen LogP contribution in [0.25, 0.3) is 0 Å². The van der Waals surface area contributed by atoms with Gasteiger partial charge in [0.25, 0.3) is 0 Å². The van der Waals surface area contributed by atoms with Crippen LogP contribution in [-0.2, 0) is 4.79 Å². The topological polar surface area (TPSA) is 68.3 Å². The van der Waals surface area contributed by atoms with Crippen LogP contribution in [0, 0.1) is 0 Å². The molecule has 2 atom stereocenters. The first-order valence-electron chi connectivity index (χ1n) is 4.20. The molecular weight excluding hydrogens is 168 g/mol. The zero-order valence-corrected chi connectivity index (χ0v) is 7.78. The summed E-state index contributed by atoms with van der Waals surface area (Å²) >= 11 is 0. The van der Waals surface area contributed by atoms with Gasteiger partial charge in [-0.2, -0.15) is 0 Å². The van der Waals surface area contributed by atoms with E-state index in [9.17, 15) is 4.79 Å². The molecule has 1 rings (SSSR count). The van der Waals surface area contributed by atoms with E-state index in [0.29, 0.717) is 0 Å². The number of hydrogen-bond acceptors (Lipinski definition) is 3. The molecule has 1 aromatic heterocycles. The Bertz CT molecular complexity index is 267. The second-order valence-corrected chi connectivity index (χ2v) is 3.03. The zero-order chi connectivity index (χ0) is 9.84. The molecule has 0 saturated heterocycles. The van der Waals surface area contributed by atoms with E-state index in [1.54, 1.807) is 19.3 Å². The molecule has 3 N–H and O–H groups in total. The minimum Gasteiger partial charge on any atom is -0.467 e. The van der Waals surface area contributed by atoms with E-state index in [4.69, 9.17) is 10.2 Å². The van der Waals surface area contributed by atoms with Gasteiger partial charge in [0, 0.05) is 0 Å². The molecule has 1 unspecified atom stereocenters. The van der Waals surface area contributed by atoms with Crippen LogP contribution in [0.1, 0.15) is 25.6 Å². The van der Waals surface area contributed by atoms with Gasteiger partial charge in [-0.15, -0.1) is 0 Å². The number of carbonyl (C=O) groups is 1. The highest BCUT2D eigenvalue weighted by Crippen LogP contribution is 2.11. The van der Waals surface area contributed by atoms with Crippen molar-refractivity contribution < 1.29 is 9.21 Å². The van der Waals surface area contributed by atoms with Crippen LogP contribution in [-0.4, -0.2) is 11.9 Å². The Kier molecular flexibility index (Phi) is 3.08. The fourth-order valence-corrected chi connectivity index (χ4v) is 0.954. The minimum atomic E-state index is -0.489. The van der Waals surface area contributed by atoms with E-state index in [1.807, 2.05) is 13.0 Å². The number of furan rings is 1. The van der Waals surface area contributed by atoms with Crippen molar-refractivity contribution in [2.45, 2.75) is 25.9 Å². The van der Waals surface area contributed by atoms with E-state index in [1.165, 1.54) is 0 Å². The summed E-state index contributed by atoms with van der Waals surface area (Å²) in [5.41, 5.74) is 5.39. The molecule has 0 radical (unpaired) electrons. The first-order chi connectivity index (χ1) is 6.11. The van der Waals surface area contributed by atoms with E-state index in [2.05, 4.69) is 5.32 Å². The van der Waals surface area contributed by atoms with E-state index >= 15 is 0 Å². The molecule has 72 valence electrons. The number of nitrogens with one attached hydrogen (secondary N) is 1. The van der Waals surface area contributed by atoms with Crippen LogP contribution < -0.4 is 11.1 Å². The molecule has 0 aliphatic rings. The molecule has 0 spiro atoms. The predicted molar refractivity (Wildman–Crippen MR) is 48.9 cm³/mol. The normalized spacial score (nSPS) is 15.0. The maximum Gasteiger partial charge on any atom is 0.237 e. The first-order valence-corrected chi connectivity index (χ1v) is 4.20. The van der Waals surface area contributed by atoms with Gasteiger partial charge < -0.3 is 15.5 Å². The lowest BCUT2D eigenvalue weighted by molar-refractivity contribution is -0.122. The maximum atomic E-state index is 11.2. The molecule has 0 aliphatic carbocycles. The van der Waals surface area contributed by atoms with Crippen LogP contribution in [0.4, 0.5) is 0 Å². The smallest absolute Gasteiger partial charge is 0.237 e. The van der Waals surface area contributed by atoms with Crippen molar-refractivity contribution in [2.24, 2.45) is 5.73 Å². The van der Waals surface area contributed by atoms with E-state index < -0.39 is 6.04 Å². The van der Waals surface area contributed by atoms with Crippen LogP contribution in [0.5, 0.6) is 0 Å². The third-order valence-electron chi connectivity index (χ3n) is 1.74. The molecule has 13 heavy (non-hydrogen) atoms. The minimum absolute atomic E-state index is 0.131. The maximum absolute atomic E-state index is 11.2. The molecule has 4 nitrogen and oxygen atoms in total. The van der Waals surface area contributed by atoms with Crippen molar-refractivity contribution in [1.82, 2.24) is 5.32 Å². The number of carbonyl (C=O) groups excluding carboxylic acids is 1. The highest BCUT2D eigenvalue weighted by molar-refractivity contribution is 5.81. The molecule has 1 aromatic rings. The van der Waals surface area contributed by atoms with Crippen molar-refractivity contribution in [3.8, 4) is 0 Å². The Hall–Kier alpha value is -1.29. The largest absolute Gasteiger partial charge is 0.467 e. The van der Waals surface area contributed by atoms with Gasteiger partial charge in [0.15, 0.2) is 0 Å². The zero-order valence-electron chi connectivity index (χ0n) is 7.78. The number of hydrogen-bond donors (Lipinski definition) is 2. The number of rotatable bonds is 3. The van der Waals surface area contributed by atoms with Crippen molar-refractivity contribution >= 4 is 5.91 Å². The van der Waals surface area contributed by atoms with Gasteiger partial charge in [0.2, 0.25) is 5.91 Å². The highest BCUT2D eigenvalue weighted by Gasteiger charge is 2.13. The van der Waals surface area contributed by atoms with E-state index in [-0.39, 0.29) is 11.9 Å². The van der Waals surface area contributed by atoms with Gasteiger partial charge in [-0.1, -0.05) is 0 Å². The van der Waals surface area contributed by atoms with E-state index in [0.717, 1.165) is 5.76 Å². The summed E-state index contributed by atoms with van der Waals surface area (Å²) in [5.74, 6) is 0.554. The lowest BCUT2D eigenvalue weighted by Gasteiger charge is -2.12. The lowest BCUT2D eigenvalue weighted by atomic mass is 10.2. The molecule has 0 bridgehead atoms. The Morgan fingerprint density at radius 2 is 2.31 bits per heavy atom. The highest BCUT2D eigenvalue weighted by atomic mass is 16.3. The van der Waals surface area contributed by atoms with Crippen LogP contribution in [0.2, 0.25) is 0 Å². The lowest BCUT2D eigenvalue weighted by Crippen LogP contribution is -2.39. The van der Waals surface area contributed by atoms with Crippen molar-refractivity contribution in [3.05, 3.63) is 24.2 Å². The molecule has 0 fully saturated rings. The molecule has 4 heteroatoms. The SMILES string of the molecule is CC(N)C(=O)N[C@H](C)c1ccco1. The van der Waals surface area contributed by atoms with Gasteiger partial charge in [0.1, 0.15) is 5.76 Å². The summed E-state index contributed by atoms with van der Waals surface area (Å²) in [6, 6.07) is 2.97. The molecule has 0 aliphatic heterocycles. The second kappa shape index (κ2) is 4.09. The standard InChI is InChI=1S/C9H14N2O2/c1-6(10)9(12)11-7(2)8-4-3-5-13-8/h3-7H,10H2,1-2H3,(H,11,12)/t6?,7-/m1/s1. The molecular formula is C9H14N2O2. The monoisotopic (exact) mass is 182 g/mol. The average Bonchev–Trinajstić information content (AvgIpc) is 2.55. The quantitative estimate of drug-likeness (QED) is 0.726. The fraction of sp³-hybridized carbons (Fsp3) is 0.444. The predicted octanol–water partition coefficient (Wildman–Crippen LogP) is 0.804. The third kappa shape index (κ3) is 2.59. The first kappa shape index (κ1) is 9.80. The Balaban J connectivity index is 2.51. The summed E-state index contributed by atoms with van der Waals surface area (Å²) in [4.78, 5) is 11.2. The summed E-state index contributed by atoms with van der Waals surface area (Å²) in [5, 5.41) is 2.72. The van der Waals surface area contributed by atoms with Crippen molar-refractivity contribution in [2.75, 3.05) is 0 Å². The fourth-order valence-electron chi connectivity index (χ4n) is 0.954. The van der Waals surface area contributed by atoms with Gasteiger partial charge >= 0.3 is 0 Å². The molecule has 0 aromatic carbocycles. The Labute approximate surface area is 77.1 Å². The van der Waals surface area contributed by atoms with Gasteiger partial charge in [-0.25, -0.2) is 0 Å². The van der Waals surface area contributed by atoms with Crippen molar-refractivity contribution in [3.63, 3.8) is 0 Å². The Morgan fingerprint density at radius 1 is 1.62 bits per heavy atom. The van der Waals surface area contributed by atoms with Gasteiger partial charge in [-0.05, 0) is 26.0 Å².